The Balaban J connectivity index is 1.68. The molecule has 3 aromatic rings. The van der Waals surface area contributed by atoms with Gasteiger partial charge in [0.15, 0.2) is 0 Å². The average molecular weight is 422 g/mol. The molecule has 0 saturated carbocycles. The van der Waals surface area contributed by atoms with Crippen LogP contribution in [0.3, 0.4) is 0 Å². The quantitative estimate of drug-likeness (QED) is 0.230. The van der Waals surface area contributed by atoms with Gasteiger partial charge in [0.2, 0.25) is 5.95 Å². The van der Waals surface area contributed by atoms with Crippen molar-refractivity contribution in [1.29, 1.82) is 0 Å². The summed E-state index contributed by atoms with van der Waals surface area (Å²) in [5.41, 5.74) is 2.60. The molecular weight excluding hydrogens is 400 g/mol. The van der Waals surface area contributed by atoms with Crippen molar-refractivity contribution < 1.29 is 14.5 Å². The van der Waals surface area contributed by atoms with Crippen LogP contribution in [0.1, 0.15) is 22.8 Å². The first-order valence-corrected chi connectivity index (χ1v) is 9.67. The minimum absolute atomic E-state index is 0.0672. The van der Waals surface area contributed by atoms with Crippen LogP contribution < -0.4 is 10.6 Å². The number of rotatable bonds is 9. The number of nitro groups is 1. The number of aromatic nitrogens is 3. The van der Waals surface area contributed by atoms with Gasteiger partial charge in [0.05, 0.1) is 17.2 Å². The minimum Gasteiger partial charge on any atom is -0.462 e. The third-order valence-corrected chi connectivity index (χ3v) is 4.28. The van der Waals surface area contributed by atoms with Crippen LogP contribution in [0.2, 0.25) is 0 Å². The number of pyridine rings is 1. The highest BCUT2D eigenvalue weighted by atomic mass is 16.6. The number of nitrogens with one attached hydrogen (secondary N) is 2. The van der Waals surface area contributed by atoms with Crippen LogP contribution in [-0.4, -0.2) is 45.5 Å². The van der Waals surface area contributed by atoms with E-state index in [4.69, 9.17) is 4.74 Å². The number of ether oxygens (including phenoxy) is 1. The van der Waals surface area contributed by atoms with Crippen LogP contribution in [0.5, 0.6) is 0 Å². The van der Waals surface area contributed by atoms with E-state index in [1.165, 1.54) is 24.5 Å². The molecule has 0 amide bonds. The summed E-state index contributed by atoms with van der Waals surface area (Å²) in [5, 5.41) is 16.8. The van der Waals surface area contributed by atoms with Crippen LogP contribution in [-0.2, 0) is 4.74 Å². The van der Waals surface area contributed by atoms with E-state index in [0.29, 0.717) is 36.1 Å². The van der Waals surface area contributed by atoms with E-state index < -0.39 is 10.9 Å². The highest BCUT2D eigenvalue weighted by Crippen LogP contribution is 2.23. The van der Waals surface area contributed by atoms with E-state index in [1.807, 2.05) is 31.2 Å². The van der Waals surface area contributed by atoms with E-state index >= 15 is 0 Å². The van der Waals surface area contributed by atoms with Gasteiger partial charge in [-0.2, -0.15) is 0 Å². The molecule has 1 aromatic carbocycles. The van der Waals surface area contributed by atoms with Gasteiger partial charge in [0.1, 0.15) is 17.6 Å². The number of esters is 1. The van der Waals surface area contributed by atoms with Gasteiger partial charge in [-0.25, -0.2) is 19.7 Å². The predicted octanol–water partition coefficient (Wildman–Crippen LogP) is 3.46. The number of hydrogen-bond donors (Lipinski definition) is 2. The summed E-state index contributed by atoms with van der Waals surface area (Å²) in [7, 11) is 0. The number of aryl methyl sites for hydroxylation is 1. The second kappa shape index (κ2) is 10.1. The van der Waals surface area contributed by atoms with Gasteiger partial charge < -0.3 is 15.4 Å². The van der Waals surface area contributed by atoms with E-state index in [-0.39, 0.29) is 12.3 Å². The van der Waals surface area contributed by atoms with E-state index in [9.17, 15) is 14.9 Å². The topological polar surface area (TPSA) is 132 Å². The minimum atomic E-state index is -0.499. The first kappa shape index (κ1) is 21.6. The standard InChI is InChI=1S/C21H22N6O4/c1-3-31-20(28)17-13-25-21(26-19(17)15-6-4-14(2)5-7-15)23-11-10-22-18-9-8-16(12-24-18)27(29)30/h4-9,12-13H,3,10-11H2,1-2H3,(H,22,24)(H,23,25,26). The predicted molar refractivity (Wildman–Crippen MR) is 116 cm³/mol. The lowest BCUT2D eigenvalue weighted by Gasteiger charge is -2.11. The summed E-state index contributed by atoms with van der Waals surface area (Å²) >= 11 is 0. The van der Waals surface area contributed by atoms with Crippen LogP contribution in [0.15, 0.2) is 48.8 Å². The monoisotopic (exact) mass is 422 g/mol. The lowest BCUT2D eigenvalue weighted by atomic mass is 10.1. The lowest BCUT2D eigenvalue weighted by Crippen LogP contribution is -2.17. The largest absolute Gasteiger partial charge is 0.462 e. The molecule has 0 unspecified atom stereocenters. The first-order valence-electron chi connectivity index (χ1n) is 9.67. The number of carbonyl (C=O) groups excluding carboxylic acids is 1. The van der Waals surface area contributed by atoms with E-state index in [1.54, 1.807) is 6.92 Å². The molecule has 0 fully saturated rings. The fourth-order valence-electron chi connectivity index (χ4n) is 2.72. The molecule has 0 atom stereocenters. The highest BCUT2D eigenvalue weighted by molar-refractivity contribution is 5.96. The SMILES string of the molecule is CCOC(=O)c1cnc(NCCNc2ccc([N+](=O)[O-])cn2)nc1-c1ccc(C)cc1. The Morgan fingerprint density at radius 2 is 1.81 bits per heavy atom. The Kier molecular flexibility index (Phi) is 7.05. The zero-order valence-corrected chi connectivity index (χ0v) is 17.2. The molecule has 2 heterocycles. The van der Waals surface area contributed by atoms with Crippen molar-refractivity contribution in [2.45, 2.75) is 13.8 Å². The normalized spacial score (nSPS) is 10.4. The molecule has 0 bridgehead atoms. The van der Waals surface area contributed by atoms with Gasteiger partial charge >= 0.3 is 5.97 Å². The van der Waals surface area contributed by atoms with Crippen molar-refractivity contribution in [3.8, 4) is 11.3 Å². The molecule has 10 heteroatoms. The van der Waals surface area contributed by atoms with Crippen LogP contribution in [0, 0.1) is 17.0 Å². The fraction of sp³-hybridized carbons (Fsp3) is 0.238. The summed E-state index contributed by atoms with van der Waals surface area (Å²) in [6.45, 7) is 4.93. The molecule has 31 heavy (non-hydrogen) atoms. The molecule has 0 spiro atoms. The van der Waals surface area contributed by atoms with Gasteiger partial charge in [-0.05, 0) is 19.9 Å². The molecule has 2 aromatic heterocycles. The van der Waals surface area contributed by atoms with Crippen LogP contribution in [0.4, 0.5) is 17.5 Å². The molecular formula is C21H22N6O4. The van der Waals surface area contributed by atoms with Gasteiger partial charge in [0.25, 0.3) is 5.69 Å². The molecule has 10 nitrogen and oxygen atoms in total. The van der Waals surface area contributed by atoms with Crippen molar-refractivity contribution in [2.24, 2.45) is 0 Å². The summed E-state index contributed by atoms with van der Waals surface area (Å²) < 4.78 is 5.13. The van der Waals surface area contributed by atoms with Crippen LogP contribution in [0.25, 0.3) is 11.3 Å². The van der Waals surface area contributed by atoms with E-state index in [2.05, 4.69) is 25.6 Å². The second-order valence-electron chi connectivity index (χ2n) is 6.55. The number of nitrogens with zero attached hydrogens (tertiary/aromatic N) is 4. The molecule has 2 N–H and O–H groups in total. The molecule has 0 aliphatic heterocycles. The first-order chi connectivity index (χ1) is 15.0. The zero-order valence-electron chi connectivity index (χ0n) is 17.2. The van der Waals surface area contributed by atoms with Crippen LogP contribution >= 0.6 is 0 Å². The number of carbonyl (C=O) groups is 1. The van der Waals surface area contributed by atoms with Crippen molar-refractivity contribution in [2.75, 3.05) is 30.3 Å². The fourth-order valence-corrected chi connectivity index (χ4v) is 2.72. The Labute approximate surface area is 178 Å². The number of benzene rings is 1. The van der Waals surface area contributed by atoms with Crippen molar-refractivity contribution in [1.82, 2.24) is 15.0 Å². The lowest BCUT2D eigenvalue weighted by molar-refractivity contribution is -0.385. The zero-order chi connectivity index (χ0) is 22.2. The maximum absolute atomic E-state index is 12.3. The Bertz CT molecular complexity index is 1050. The number of anilines is 2. The van der Waals surface area contributed by atoms with Crippen molar-refractivity contribution >= 4 is 23.4 Å². The van der Waals surface area contributed by atoms with Gasteiger partial charge in [-0.15, -0.1) is 0 Å². The van der Waals surface area contributed by atoms with Crippen molar-refractivity contribution in [3.05, 3.63) is 70.0 Å². The Morgan fingerprint density at radius 1 is 1.06 bits per heavy atom. The molecule has 0 saturated heterocycles. The van der Waals surface area contributed by atoms with E-state index in [0.717, 1.165) is 11.1 Å². The van der Waals surface area contributed by atoms with Gasteiger partial charge in [-0.1, -0.05) is 29.8 Å². The third kappa shape index (κ3) is 5.72. The summed E-state index contributed by atoms with van der Waals surface area (Å²) in [6.07, 6.45) is 2.65. The third-order valence-electron chi connectivity index (χ3n) is 4.28. The summed E-state index contributed by atoms with van der Waals surface area (Å²) in [6, 6.07) is 10.6. The maximum Gasteiger partial charge on any atom is 0.341 e. The summed E-state index contributed by atoms with van der Waals surface area (Å²) in [4.78, 5) is 35.2. The Morgan fingerprint density at radius 3 is 2.45 bits per heavy atom. The molecule has 160 valence electrons. The highest BCUT2D eigenvalue weighted by Gasteiger charge is 2.17. The molecule has 3 rings (SSSR count). The average Bonchev–Trinajstić information content (AvgIpc) is 2.77. The number of hydrogen-bond acceptors (Lipinski definition) is 9. The Hall–Kier alpha value is -4.08. The van der Waals surface area contributed by atoms with Gasteiger partial charge in [-0.3, -0.25) is 10.1 Å². The smallest absolute Gasteiger partial charge is 0.341 e. The molecule has 0 aliphatic rings. The molecule has 0 radical (unpaired) electrons. The second-order valence-corrected chi connectivity index (χ2v) is 6.55. The van der Waals surface area contributed by atoms with Crippen molar-refractivity contribution in [3.63, 3.8) is 0 Å². The maximum atomic E-state index is 12.3. The van der Waals surface area contributed by atoms with Gasteiger partial charge in [0, 0.05) is 30.9 Å². The molecule has 0 aliphatic carbocycles. The summed E-state index contributed by atoms with van der Waals surface area (Å²) in [5.74, 6) is 0.406.